The van der Waals surface area contributed by atoms with E-state index in [-0.39, 0.29) is 31.0 Å². The Balaban J connectivity index is 1.74. The minimum Gasteiger partial charge on any atom is -0.394 e. The van der Waals surface area contributed by atoms with E-state index in [0.29, 0.717) is 60.6 Å². The van der Waals surface area contributed by atoms with Gasteiger partial charge in [-0.15, -0.1) is 0 Å². The molecule has 3 N–H and O–H groups in total. The van der Waals surface area contributed by atoms with Gasteiger partial charge in [-0.1, -0.05) is 30.3 Å². The zero-order valence-corrected chi connectivity index (χ0v) is 24.4. The number of morpholine rings is 2. The van der Waals surface area contributed by atoms with E-state index in [0.717, 1.165) is 5.56 Å². The van der Waals surface area contributed by atoms with Gasteiger partial charge in [-0.3, -0.25) is 0 Å². The number of aliphatic hydroxyl groups is 3. The molecule has 2 aromatic heterocycles. The molecule has 41 heavy (non-hydrogen) atoms. The molecule has 6 atom stereocenters. The number of fused-ring (bicyclic) bond motifs is 1. The molecule has 6 unspecified atom stereocenters. The molecular weight excluding hydrogens is 526 g/mol. The number of anilines is 3. The van der Waals surface area contributed by atoms with E-state index >= 15 is 0 Å². The Morgan fingerprint density at radius 1 is 0.854 bits per heavy atom. The van der Waals surface area contributed by atoms with Crippen LogP contribution in [-0.2, 0) is 9.47 Å². The number of benzene rings is 1. The van der Waals surface area contributed by atoms with Crippen LogP contribution < -0.4 is 14.7 Å². The highest BCUT2D eigenvalue weighted by Crippen LogP contribution is 2.35. The molecule has 4 heterocycles. The van der Waals surface area contributed by atoms with Crippen LogP contribution in [0.2, 0.25) is 0 Å². The Labute approximate surface area is 240 Å². The van der Waals surface area contributed by atoms with Gasteiger partial charge in [0.25, 0.3) is 0 Å². The highest BCUT2D eigenvalue weighted by atomic mass is 16.5. The predicted molar refractivity (Wildman–Crippen MR) is 157 cm³/mol. The maximum absolute atomic E-state index is 10.8. The molecule has 0 aliphatic carbocycles. The van der Waals surface area contributed by atoms with Gasteiger partial charge in [0.1, 0.15) is 11.9 Å². The molecule has 0 amide bonds. The van der Waals surface area contributed by atoms with Gasteiger partial charge in [-0.25, -0.2) is 9.97 Å². The molecule has 5 rings (SSSR count). The zero-order valence-electron chi connectivity index (χ0n) is 24.4. The van der Waals surface area contributed by atoms with Gasteiger partial charge in [0.15, 0.2) is 22.8 Å². The van der Waals surface area contributed by atoms with Gasteiger partial charge in [0, 0.05) is 31.7 Å². The smallest absolute Gasteiger partial charge is 0.229 e. The van der Waals surface area contributed by atoms with Gasteiger partial charge < -0.3 is 39.5 Å². The molecule has 12 heteroatoms. The van der Waals surface area contributed by atoms with Crippen molar-refractivity contribution in [2.24, 2.45) is 0 Å². The van der Waals surface area contributed by atoms with E-state index in [1.165, 1.54) is 4.90 Å². The summed E-state index contributed by atoms with van der Waals surface area (Å²) in [6.45, 7) is 11.7. The molecule has 12 nitrogen and oxygen atoms in total. The van der Waals surface area contributed by atoms with Crippen molar-refractivity contribution < 1.29 is 24.8 Å². The van der Waals surface area contributed by atoms with Crippen molar-refractivity contribution in [3.05, 3.63) is 30.3 Å². The number of aliphatic hydroxyl groups excluding tert-OH is 3. The third-order valence-electron chi connectivity index (χ3n) is 7.29. The summed E-state index contributed by atoms with van der Waals surface area (Å²) in [7, 11) is 0. The van der Waals surface area contributed by atoms with Crippen LogP contribution in [0.25, 0.3) is 22.4 Å². The molecule has 0 radical (unpaired) electrons. The van der Waals surface area contributed by atoms with Crippen molar-refractivity contribution in [2.75, 3.05) is 54.0 Å². The third kappa shape index (κ3) is 6.52. The summed E-state index contributed by atoms with van der Waals surface area (Å²) in [5.41, 5.74) is 2.32. The minimum atomic E-state index is -1.10. The Hall–Kier alpha value is -3.16. The van der Waals surface area contributed by atoms with Crippen molar-refractivity contribution in [3.8, 4) is 11.3 Å². The van der Waals surface area contributed by atoms with E-state index in [1.54, 1.807) is 6.92 Å². The van der Waals surface area contributed by atoms with Crippen LogP contribution >= 0.6 is 0 Å². The van der Waals surface area contributed by atoms with E-state index in [4.69, 9.17) is 29.4 Å². The normalized spacial score (nSPS) is 24.9. The monoisotopic (exact) mass is 567 g/mol. The largest absolute Gasteiger partial charge is 0.394 e. The second-order valence-corrected chi connectivity index (χ2v) is 11.2. The zero-order chi connectivity index (χ0) is 29.3. The number of nitrogens with zero attached hydrogens (tertiary/aromatic N) is 7. The first-order valence-corrected chi connectivity index (χ1v) is 14.3. The summed E-state index contributed by atoms with van der Waals surface area (Å²) in [6, 6.07) is 9.83. The number of aromatic nitrogens is 4. The summed E-state index contributed by atoms with van der Waals surface area (Å²) in [6.07, 6.45) is -2.16. The fourth-order valence-corrected chi connectivity index (χ4v) is 5.66. The first kappa shape index (κ1) is 29.3. The summed E-state index contributed by atoms with van der Waals surface area (Å²) >= 11 is 0. The Kier molecular flexibility index (Phi) is 8.85. The van der Waals surface area contributed by atoms with Gasteiger partial charge in [0.05, 0.1) is 43.7 Å². The fraction of sp³-hybridized carbons (Fsp3) is 0.586. The van der Waals surface area contributed by atoms with Crippen molar-refractivity contribution in [3.63, 3.8) is 0 Å². The second-order valence-electron chi connectivity index (χ2n) is 11.2. The highest BCUT2D eigenvalue weighted by Gasteiger charge is 2.31. The van der Waals surface area contributed by atoms with Gasteiger partial charge in [-0.05, 0) is 34.6 Å². The SMILES string of the molecule is CC1CN(c2nc(N(CC(O)CO)C(C)O)c3nc(-c4ccccc4)c(N4CC(C)OC(C)C4)nc3n2)CC(C)O1. The van der Waals surface area contributed by atoms with Crippen LogP contribution in [0.5, 0.6) is 0 Å². The van der Waals surface area contributed by atoms with Crippen molar-refractivity contribution in [1.82, 2.24) is 19.9 Å². The lowest BCUT2D eigenvalue weighted by Crippen LogP contribution is -2.47. The predicted octanol–water partition coefficient (Wildman–Crippen LogP) is 1.81. The lowest BCUT2D eigenvalue weighted by Gasteiger charge is -2.37. The van der Waals surface area contributed by atoms with Crippen LogP contribution in [0.15, 0.2) is 30.3 Å². The van der Waals surface area contributed by atoms with E-state index in [2.05, 4.69) is 9.80 Å². The lowest BCUT2D eigenvalue weighted by atomic mass is 10.1. The van der Waals surface area contributed by atoms with Gasteiger partial charge in [-0.2, -0.15) is 9.97 Å². The van der Waals surface area contributed by atoms with Crippen LogP contribution in [0.4, 0.5) is 17.6 Å². The maximum atomic E-state index is 10.8. The number of ether oxygens (including phenoxy) is 2. The summed E-state index contributed by atoms with van der Waals surface area (Å²) in [5.74, 6) is 1.47. The first-order valence-electron chi connectivity index (χ1n) is 14.3. The van der Waals surface area contributed by atoms with Crippen LogP contribution in [0, 0.1) is 0 Å². The molecule has 2 fully saturated rings. The topological polar surface area (TPSA) is 140 Å². The molecule has 2 aliphatic rings. The standard InChI is InChI=1S/C29H41N7O5/c1-17-11-34(12-18(2)40-17)27-24(22-9-7-6-8-10-22)30-25-26(31-27)32-29(35-13-19(3)41-20(4)14-35)33-28(25)36(21(5)38)15-23(39)16-37/h6-10,17-21,23,37-39H,11-16H2,1-5H3. The fourth-order valence-electron chi connectivity index (χ4n) is 5.66. The summed E-state index contributed by atoms with van der Waals surface area (Å²) in [4.78, 5) is 25.8. The average Bonchev–Trinajstić information content (AvgIpc) is 2.93. The third-order valence-corrected chi connectivity index (χ3v) is 7.29. The van der Waals surface area contributed by atoms with Crippen LogP contribution in [0.3, 0.4) is 0 Å². The van der Waals surface area contributed by atoms with Crippen molar-refractivity contribution in [1.29, 1.82) is 0 Å². The first-order chi connectivity index (χ1) is 19.6. The van der Waals surface area contributed by atoms with Crippen LogP contribution in [0.1, 0.15) is 34.6 Å². The number of hydrogen-bond donors (Lipinski definition) is 3. The molecule has 1 aromatic carbocycles. The minimum absolute atomic E-state index is 0.0124. The molecule has 0 saturated carbocycles. The Morgan fingerprint density at radius 2 is 1.44 bits per heavy atom. The summed E-state index contributed by atoms with van der Waals surface area (Å²) < 4.78 is 11.9. The van der Waals surface area contributed by atoms with E-state index in [9.17, 15) is 15.3 Å². The molecule has 2 saturated heterocycles. The van der Waals surface area contributed by atoms with Crippen molar-refractivity contribution >= 4 is 28.7 Å². The summed E-state index contributed by atoms with van der Waals surface area (Å²) in [5, 5.41) is 30.8. The molecule has 222 valence electrons. The Bertz CT molecular complexity index is 1310. The molecular formula is C29H41N7O5. The highest BCUT2D eigenvalue weighted by molar-refractivity contribution is 5.89. The van der Waals surface area contributed by atoms with E-state index in [1.807, 2.05) is 58.0 Å². The molecule has 0 bridgehead atoms. The molecule has 0 spiro atoms. The number of hydrogen-bond acceptors (Lipinski definition) is 12. The average molecular weight is 568 g/mol. The lowest BCUT2D eigenvalue weighted by molar-refractivity contribution is -0.00580. The number of rotatable bonds is 8. The maximum Gasteiger partial charge on any atom is 0.229 e. The molecule has 2 aliphatic heterocycles. The van der Waals surface area contributed by atoms with Gasteiger partial charge >= 0.3 is 0 Å². The van der Waals surface area contributed by atoms with Gasteiger partial charge in [0.2, 0.25) is 5.95 Å². The second kappa shape index (κ2) is 12.4. The quantitative estimate of drug-likeness (QED) is 0.342. The van der Waals surface area contributed by atoms with Crippen LogP contribution in [-0.4, -0.2) is 111 Å². The van der Waals surface area contributed by atoms with E-state index < -0.39 is 18.9 Å². The molecule has 3 aromatic rings. The Morgan fingerprint density at radius 3 is 2.00 bits per heavy atom. The van der Waals surface area contributed by atoms with Crippen molar-refractivity contribution in [2.45, 2.75) is 71.4 Å².